The second-order valence-electron chi connectivity index (χ2n) is 7.33. The van der Waals surface area contributed by atoms with E-state index >= 15 is 0 Å². The molecule has 4 aliphatic carbocycles. The summed E-state index contributed by atoms with van der Waals surface area (Å²) in [5.41, 5.74) is 0.135. The highest BCUT2D eigenvalue weighted by Gasteiger charge is 2.51. The molecule has 114 valence electrons. The summed E-state index contributed by atoms with van der Waals surface area (Å²) in [6.45, 7) is 4.76. The van der Waals surface area contributed by atoms with Crippen LogP contribution in [0.3, 0.4) is 0 Å². The smallest absolute Gasteiger partial charge is 0.315 e. The van der Waals surface area contributed by atoms with Gasteiger partial charge in [-0.2, -0.15) is 0 Å². The molecule has 2 amide bonds. The Morgan fingerprint density at radius 1 is 1.00 bits per heavy atom. The van der Waals surface area contributed by atoms with Gasteiger partial charge in [-0.1, -0.05) is 6.92 Å². The van der Waals surface area contributed by atoms with Gasteiger partial charge in [0, 0.05) is 18.6 Å². The Bertz CT molecular complexity index is 320. The predicted octanol–water partition coefficient (Wildman–Crippen LogP) is 2.25. The maximum absolute atomic E-state index is 12.1. The van der Waals surface area contributed by atoms with Crippen LogP contribution >= 0.6 is 0 Å². The second-order valence-corrected chi connectivity index (χ2v) is 7.33. The molecular weight excluding hydrogens is 250 g/mol. The first kappa shape index (κ1) is 14.2. The maximum atomic E-state index is 12.1. The molecule has 4 heteroatoms. The van der Waals surface area contributed by atoms with Crippen LogP contribution in [0.5, 0.6) is 0 Å². The summed E-state index contributed by atoms with van der Waals surface area (Å²) < 4.78 is 0. The SMILES string of the molecule is CCCNCCNC(=O)NC12CC3CC(CC(C3)C1)C2. The minimum atomic E-state index is 0.0465. The van der Waals surface area contributed by atoms with Crippen molar-refractivity contribution in [1.82, 2.24) is 16.0 Å². The number of nitrogens with one attached hydrogen (secondary N) is 3. The summed E-state index contributed by atoms with van der Waals surface area (Å²) in [4.78, 5) is 12.1. The fraction of sp³-hybridized carbons (Fsp3) is 0.938. The molecule has 4 aliphatic rings. The second kappa shape index (κ2) is 5.92. The lowest BCUT2D eigenvalue weighted by molar-refractivity contribution is -0.0135. The molecule has 20 heavy (non-hydrogen) atoms. The van der Waals surface area contributed by atoms with Crippen LogP contribution < -0.4 is 16.0 Å². The summed E-state index contributed by atoms with van der Waals surface area (Å²) in [5, 5.41) is 9.65. The Hall–Kier alpha value is -0.770. The van der Waals surface area contributed by atoms with Gasteiger partial charge in [-0.25, -0.2) is 4.79 Å². The van der Waals surface area contributed by atoms with Crippen molar-refractivity contribution < 1.29 is 4.79 Å². The van der Waals surface area contributed by atoms with Crippen LogP contribution in [-0.2, 0) is 0 Å². The molecule has 0 aromatic rings. The lowest BCUT2D eigenvalue weighted by Gasteiger charge is -2.56. The summed E-state index contributed by atoms with van der Waals surface area (Å²) in [6.07, 6.45) is 9.07. The molecular formula is C16H29N3O. The van der Waals surface area contributed by atoms with Crippen molar-refractivity contribution in [2.45, 2.75) is 57.4 Å². The van der Waals surface area contributed by atoms with Gasteiger partial charge in [0.1, 0.15) is 0 Å². The van der Waals surface area contributed by atoms with Crippen LogP contribution in [0.2, 0.25) is 0 Å². The molecule has 4 nitrogen and oxygen atoms in total. The quantitative estimate of drug-likeness (QED) is 0.653. The molecule has 0 aromatic carbocycles. The molecule has 0 radical (unpaired) electrons. The lowest BCUT2D eigenvalue weighted by atomic mass is 9.53. The van der Waals surface area contributed by atoms with Gasteiger partial charge in [0.05, 0.1) is 0 Å². The monoisotopic (exact) mass is 279 g/mol. The first-order valence-electron chi connectivity index (χ1n) is 8.46. The number of urea groups is 1. The molecule has 3 N–H and O–H groups in total. The van der Waals surface area contributed by atoms with Crippen molar-refractivity contribution in [3.63, 3.8) is 0 Å². The van der Waals surface area contributed by atoms with Crippen molar-refractivity contribution in [2.24, 2.45) is 17.8 Å². The number of amides is 2. The number of hydrogen-bond acceptors (Lipinski definition) is 2. The average Bonchev–Trinajstić information content (AvgIpc) is 2.36. The molecule has 4 fully saturated rings. The summed E-state index contributed by atoms with van der Waals surface area (Å²) in [6, 6.07) is 0.0465. The van der Waals surface area contributed by atoms with Gasteiger partial charge in [0.15, 0.2) is 0 Å². The predicted molar refractivity (Wildman–Crippen MR) is 80.6 cm³/mol. The third-order valence-electron chi connectivity index (χ3n) is 5.43. The van der Waals surface area contributed by atoms with Gasteiger partial charge >= 0.3 is 6.03 Å². The third-order valence-corrected chi connectivity index (χ3v) is 5.43. The van der Waals surface area contributed by atoms with Crippen molar-refractivity contribution in [3.8, 4) is 0 Å². The van der Waals surface area contributed by atoms with E-state index in [9.17, 15) is 4.79 Å². The fourth-order valence-corrected chi connectivity index (χ4v) is 5.11. The molecule has 4 saturated carbocycles. The van der Waals surface area contributed by atoms with Gasteiger partial charge in [-0.05, 0) is 69.2 Å². The Morgan fingerprint density at radius 3 is 2.15 bits per heavy atom. The lowest BCUT2D eigenvalue weighted by Crippen LogP contribution is -2.61. The third kappa shape index (κ3) is 3.11. The Labute approximate surface area is 122 Å². The molecule has 0 heterocycles. The van der Waals surface area contributed by atoms with Crippen LogP contribution in [0, 0.1) is 17.8 Å². The van der Waals surface area contributed by atoms with Crippen LogP contribution in [0.4, 0.5) is 4.79 Å². The first-order valence-corrected chi connectivity index (χ1v) is 8.46. The van der Waals surface area contributed by atoms with Crippen molar-refractivity contribution in [1.29, 1.82) is 0 Å². The molecule has 4 rings (SSSR count). The minimum Gasteiger partial charge on any atom is -0.337 e. The average molecular weight is 279 g/mol. The van der Waals surface area contributed by atoms with E-state index < -0.39 is 0 Å². The first-order chi connectivity index (χ1) is 9.69. The molecule has 0 spiro atoms. The van der Waals surface area contributed by atoms with E-state index in [2.05, 4.69) is 22.9 Å². The number of hydrogen-bond donors (Lipinski definition) is 3. The normalized spacial score (nSPS) is 38.0. The number of rotatable bonds is 6. The van der Waals surface area contributed by atoms with Gasteiger partial charge in [0.2, 0.25) is 0 Å². The number of carbonyl (C=O) groups is 1. The highest BCUT2D eigenvalue weighted by Crippen LogP contribution is 2.55. The van der Waals surface area contributed by atoms with E-state index in [-0.39, 0.29) is 11.6 Å². The van der Waals surface area contributed by atoms with Crippen molar-refractivity contribution in [3.05, 3.63) is 0 Å². The molecule has 0 unspecified atom stereocenters. The topological polar surface area (TPSA) is 53.2 Å². The van der Waals surface area contributed by atoms with Gasteiger partial charge in [-0.15, -0.1) is 0 Å². The number of carbonyl (C=O) groups excluding carboxylic acids is 1. The Balaban J connectivity index is 1.44. The highest BCUT2D eigenvalue weighted by molar-refractivity contribution is 5.74. The van der Waals surface area contributed by atoms with E-state index in [1.54, 1.807) is 0 Å². The largest absolute Gasteiger partial charge is 0.337 e. The molecule has 0 saturated heterocycles. The van der Waals surface area contributed by atoms with Gasteiger partial charge < -0.3 is 16.0 Å². The summed E-state index contributed by atoms with van der Waals surface area (Å²) in [7, 11) is 0. The van der Waals surface area contributed by atoms with E-state index in [4.69, 9.17) is 0 Å². The van der Waals surface area contributed by atoms with E-state index in [1.807, 2.05) is 0 Å². The standard InChI is InChI=1S/C16H29N3O/c1-2-3-17-4-5-18-15(20)19-16-9-12-6-13(10-16)8-14(7-12)11-16/h12-14,17H,2-11H2,1H3,(H2,18,19,20). The fourth-order valence-electron chi connectivity index (χ4n) is 5.11. The molecule has 0 aromatic heterocycles. The van der Waals surface area contributed by atoms with E-state index in [1.165, 1.54) is 38.5 Å². The summed E-state index contributed by atoms with van der Waals surface area (Å²) >= 11 is 0. The van der Waals surface area contributed by atoms with E-state index in [0.717, 1.165) is 43.8 Å². The molecule has 0 aliphatic heterocycles. The van der Waals surface area contributed by atoms with Crippen molar-refractivity contribution >= 4 is 6.03 Å². The zero-order valence-corrected chi connectivity index (χ0v) is 12.7. The Morgan fingerprint density at radius 2 is 1.60 bits per heavy atom. The maximum Gasteiger partial charge on any atom is 0.315 e. The zero-order chi connectivity index (χ0) is 14.0. The van der Waals surface area contributed by atoms with Gasteiger partial charge in [-0.3, -0.25) is 0 Å². The van der Waals surface area contributed by atoms with Crippen molar-refractivity contribution in [2.75, 3.05) is 19.6 Å². The zero-order valence-electron chi connectivity index (χ0n) is 12.7. The summed E-state index contributed by atoms with van der Waals surface area (Å²) in [5.74, 6) is 2.65. The molecule has 0 atom stereocenters. The van der Waals surface area contributed by atoms with Gasteiger partial charge in [0.25, 0.3) is 0 Å². The minimum absolute atomic E-state index is 0.0465. The van der Waals surface area contributed by atoms with Crippen LogP contribution in [0.1, 0.15) is 51.9 Å². The highest BCUT2D eigenvalue weighted by atomic mass is 16.2. The van der Waals surface area contributed by atoms with Crippen LogP contribution in [0.25, 0.3) is 0 Å². The van der Waals surface area contributed by atoms with Crippen LogP contribution in [0.15, 0.2) is 0 Å². The van der Waals surface area contributed by atoms with Crippen LogP contribution in [-0.4, -0.2) is 31.2 Å². The molecule has 4 bridgehead atoms. The Kier molecular flexibility index (Phi) is 4.20. The van der Waals surface area contributed by atoms with E-state index in [0.29, 0.717) is 0 Å².